The average Bonchev–Trinajstić information content (AvgIpc) is 2.79. The van der Waals surface area contributed by atoms with E-state index in [-0.39, 0.29) is 49.9 Å². The van der Waals surface area contributed by atoms with Crippen molar-refractivity contribution in [3.05, 3.63) is 50.4 Å². The first-order valence-electron chi connectivity index (χ1n) is 10.4. The Balaban J connectivity index is 2.01. The standard InChI is InChI=1S/C20H26FN5O6S/c1-3-4-7-26-17(22)16(18(27)23-20(26)29)24(2)19(28)13-5-6-14(21)15(12-13)33(30,31)25-8-10-32-11-9-25/h5-6,12H,3-4,7-11,22H2,1-2H3,(H,23,27,29). The van der Waals surface area contributed by atoms with Gasteiger partial charge in [0.25, 0.3) is 11.5 Å². The predicted molar refractivity (Wildman–Crippen MR) is 119 cm³/mol. The Kier molecular flexibility index (Phi) is 7.34. The summed E-state index contributed by atoms with van der Waals surface area (Å²) >= 11 is 0. The SMILES string of the molecule is CCCCn1c(N)c(N(C)C(=O)c2ccc(F)c(S(=O)(=O)N3CCOCC3)c2)c(=O)[nH]c1=O. The lowest BCUT2D eigenvalue weighted by molar-refractivity contribution is 0.0729. The fraction of sp³-hybridized carbons (Fsp3) is 0.450. The maximum Gasteiger partial charge on any atom is 0.330 e. The number of anilines is 2. The zero-order valence-electron chi connectivity index (χ0n) is 18.3. The summed E-state index contributed by atoms with van der Waals surface area (Å²) in [5.41, 5.74) is 4.03. The van der Waals surface area contributed by atoms with E-state index in [0.717, 1.165) is 38.4 Å². The largest absolute Gasteiger partial charge is 0.383 e. The molecule has 0 bridgehead atoms. The van der Waals surface area contributed by atoms with E-state index in [1.165, 1.54) is 7.05 Å². The second kappa shape index (κ2) is 9.85. The summed E-state index contributed by atoms with van der Waals surface area (Å²) in [5.74, 6) is -2.01. The molecule has 1 aromatic heterocycles. The number of sulfonamides is 1. The zero-order valence-corrected chi connectivity index (χ0v) is 19.2. The van der Waals surface area contributed by atoms with Gasteiger partial charge in [-0.1, -0.05) is 13.3 Å². The third-order valence-electron chi connectivity index (χ3n) is 5.36. The van der Waals surface area contributed by atoms with E-state index < -0.39 is 37.9 Å². The van der Waals surface area contributed by atoms with Crippen molar-refractivity contribution in [1.29, 1.82) is 0 Å². The fourth-order valence-electron chi connectivity index (χ4n) is 3.50. The van der Waals surface area contributed by atoms with Crippen LogP contribution in [-0.2, 0) is 21.3 Å². The fourth-order valence-corrected chi connectivity index (χ4v) is 4.99. The predicted octanol–water partition coefficient (Wildman–Crippen LogP) is 0.356. The average molecular weight is 484 g/mol. The van der Waals surface area contributed by atoms with Gasteiger partial charge < -0.3 is 15.4 Å². The summed E-state index contributed by atoms with van der Waals surface area (Å²) in [6.45, 7) is 2.64. The molecule has 11 nitrogen and oxygen atoms in total. The Morgan fingerprint density at radius 2 is 1.94 bits per heavy atom. The molecule has 13 heteroatoms. The molecule has 0 saturated carbocycles. The molecule has 2 aromatic rings. The van der Waals surface area contributed by atoms with E-state index in [0.29, 0.717) is 6.42 Å². The van der Waals surface area contributed by atoms with Crippen LogP contribution in [-0.4, -0.2) is 61.5 Å². The molecule has 1 saturated heterocycles. The summed E-state index contributed by atoms with van der Waals surface area (Å²) < 4.78 is 47.7. The van der Waals surface area contributed by atoms with Gasteiger partial charge in [0.1, 0.15) is 16.5 Å². The lowest BCUT2D eigenvalue weighted by Crippen LogP contribution is -2.41. The van der Waals surface area contributed by atoms with Crippen LogP contribution >= 0.6 is 0 Å². The summed E-state index contributed by atoms with van der Waals surface area (Å²) in [4.78, 5) is 40.1. The van der Waals surface area contributed by atoms with E-state index in [2.05, 4.69) is 4.98 Å². The number of hydrogen-bond acceptors (Lipinski definition) is 7. The minimum Gasteiger partial charge on any atom is -0.383 e. The number of carbonyl (C=O) groups is 1. The van der Waals surface area contributed by atoms with Crippen LogP contribution in [0.2, 0.25) is 0 Å². The summed E-state index contributed by atoms with van der Waals surface area (Å²) in [6.07, 6.45) is 1.39. The Morgan fingerprint density at radius 3 is 2.58 bits per heavy atom. The minimum absolute atomic E-state index is 0.0606. The van der Waals surface area contributed by atoms with Gasteiger partial charge >= 0.3 is 5.69 Å². The van der Waals surface area contributed by atoms with Gasteiger partial charge in [0, 0.05) is 32.2 Å². The number of nitrogens with zero attached hydrogens (tertiary/aromatic N) is 3. The molecule has 0 unspecified atom stereocenters. The highest BCUT2D eigenvalue weighted by atomic mass is 32.2. The van der Waals surface area contributed by atoms with Crippen molar-refractivity contribution in [2.45, 2.75) is 31.2 Å². The van der Waals surface area contributed by atoms with Crippen LogP contribution in [0, 0.1) is 5.82 Å². The molecule has 3 rings (SSSR count). The number of aromatic amines is 1. The first-order chi connectivity index (χ1) is 15.6. The van der Waals surface area contributed by atoms with Crippen LogP contribution in [0.4, 0.5) is 15.9 Å². The molecule has 0 atom stereocenters. The second-order valence-electron chi connectivity index (χ2n) is 7.52. The molecule has 2 heterocycles. The molecule has 1 amide bonds. The molecular formula is C20H26FN5O6S. The summed E-state index contributed by atoms with van der Waals surface area (Å²) in [5, 5.41) is 0. The van der Waals surface area contributed by atoms with Crippen molar-refractivity contribution in [3.8, 4) is 0 Å². The number of H-pyrrole nitrogens is 1. The number of aromatic nitrogens is 2. The van der Waals surface area contributed by atoms with Gasteiger partial charge in [-0.25, -0.2) is 17.6 Å². The quantitative estimate of drug-likeness (QED) is 0.578. The van der Waals surface area contributed by atoms with Crippen molar-refractivity contribution in [2.24, 2.45) is 0 Å². The van der Waals surface area contributed by atoms with Gasteiger partial charge in [0.15, 0.2) is 5.69 Å². The maximum absolute atomic E-state index is 14.5. The third kappa shape index (κ3) is 4.84. The number of amides is 1. The van der Waals surface area contributed by atoms with Crippen molar-refractivity contribution < 1.29 is 22.3 Å². The highest BCUT2D eigenvalue weighted by molar-refractivity contribution is 7.89. The van der Waals surface area contributed by atoms with E-state index >= 15 is 0 Å². The van der Waals surface area contributed by atoms with Gasteiger partial charge in [-0.3, -0.25) is 19.1 Å². The molecule has 180 valence electrons. The second-order valence-corrected chi connectivity index (χ2v) is 9.43. The van der Waals surface area contributed by atoms with E-state index in [1.54, 1.807) is 0 Å². The molecule has 1 aromatic carbocycles. The molecule has 0 spiro atoms. The van der Waals surface area contributed by atoms with Crippen molar-refractivity contribution in [3.63, 3.8) is 0 Å². The Morgan fingerprint density at radius 1 is 1.27 bits per heavy atom. The first kappa shape index (κ1) is 24.6. The van der Waals surface area contributed by atoms with E-state index in [9.17, 15) is 27.2 Å². The van der Waals surface area contributed by atoms with E-state index in [4.69, 9.17) is 10.5 Å². The van der Waals surface area contributed by atoms with Crippen LogP contribution in [0.3, 0.4) is 0 Å². The van der Waals surface area contributed by atoms with Crippen LogP contribution < -0.4 is 21.9 Å². The highest BCUT2D eigenvalue weighted by Crippen LogP contribution is 2.24. The van der Waals surface area contributed by atoms with Gasteiger partial charge in [0.05, 0.1) is 13.2 Å². The van der Waals surface area contributed by atoms with Crippen molar-refractivity contribution in [2.75, 3.05) is 44.0 Å². The number of ether oxygens (including phenoxy) is 1. The maximum atomic E-state index is 14.5. The Bertz CT molecular complexity index is 1270. The molecule has 1 aliphatic heterocycles. The number of carbonyl (C=O) groups excluding carboxylic acids is 1. The molecular weight excluding hydrogens is 457 g/mol. The third-order valence-corrected chi connectivity index (χ3v) is 7.27. The lowest BCUT2D eigenvalue weighted by Gasteiger charge is -2.26. The number of hydrogen-bond donors (Lipinski definition) is 2. The monoisotopic (exact) mass is 483 g/mol. The number of nitrogens with two attached hydrogens (primary N) is 1. The van der Waals surface area contributed by atoms with Gasteiger partial charge in [-0.2, -0.15) is 4.31 Å². The lowest BCUT2D eigenvalue weighted by atomic mass is 10.2. The smallest absolute Gasteiger partial charge is 0.330 e. The Labute approximate surface area is 189 Å². The van der Waals surface area contributed by atoms with Gasteiger partial charge in [0.2, 0.25) is 10.0 Å². The molecule has 1 aliphatic rings. The number of benzene rings is 1. The zero-order chi connectivity index (χ0) is 24.3. The number of nitrogen functional groups attached to an aromatic ring is 1. The van der Waals surface area contributed by atoms with Crippen LogP contribution in [0.25, 0.3) is 0 Å². The summed E-state index contributed by atoms with van der Waals surface area (Å²) in [7, 11) is -2.95. The normalized spacial score (nSPS) is 14.9. The molecule has 1 fully saturated rings. The number of morpholine rings is 1. The topological polar surface area (TPSA) is 148 Å². The van der Waals surface area contributed by atoms with Crippen LogP contribution in [0.5, 0.6) is 0 Å². The molecule has 3 N–H and O–H groups in total. The number of halogens is 1. The molecule has 33 heavy (non-hydrogen) atoms. The molecule has 0 radical (unpaired) electrons. The van der Waals surface area contributed by atoms with Crippen molar-refractivity contribution >= 4 is 27.4 Å². The Hall–Kier alpha value is -3.03. The van der Waals surface area contributed by atoms with Gasteiger partial charge in [-0.15, -0.1) is 0 Å². The first-order valence-corrected chi connectivity index (χ1v) is 11.8. The van der Waals surface area contributed by atoms with Crippen LogP contribution in [0.1, 0.15) is 30.1 Å². The number of nitrogens with one attached hydrogen (secondary N) is 1. The van der Waals surface area contributed by atoms with E-state index in [1.807, 2.05) is 6.92 Å². The van der Waals surface area contributed by atoms with Gasteiger partial charge in [-0.05, 0) is 24.6 Å². The van der Waals surface area contributed by atoms with Crippen molar-refractivity contribution in [1.82, 2.24) is 13.9 Å². The summed E-state index contributed by atoms with van der Waals surface area (Å²) in [6, 6.07) is 2.92. The van der Waals surface area contributed by atoms with Crippen LogP contribution in [0.15, 0.2) is 32.7 Å². The minimum atomic E-state index is -4.21. The number of unbranched alkanes of at least 4 members (excludes halogenated alkanes) is 1. The number of rotatable bonds is 7. The highest BCUT2D eigenvalue weighted by Gasteiger charge is 2.31. The molecule has 0 aliphatic carbocycles.